The number of nitrogen functional groups attached to an aromatic ring is 1. The summed E-state index contributed by atoms with van der Waals surface area (Å²) in [6.07, 6.45) is 6.42. The summed E-state index contributed by atoms with van der Waals surface area (Å²) in [5.74, 6) is 7.55. The smallest absolute Gasteiger partial charge is 0.163 e. The van der Waals surface area contributed by atoms with E-state index < -0.39 is 0 Å². The number of carbonyl (C=O) groups is 1. The molecule has 1 saturated carbocycles. The van der Waals surface area contributed by atoms with Crippen molar-refractivity contribution in [3.63, 3.8) is 0 Å². The topological polar surface area (TPSA) is 73.8 Å². The van der Waals surface area contributed by atoms with Gasteiger partial charge >= 0.3 is 0 Å². The fourth-order valence-corrected chi connectivity index (χ4v) is 3.09. The second-order valence-corrected chi connectivity index (χ2v) is 6.69. The lowest BCUT2D eigenvalue weighted by atomic mass is 10.0. The van der Waals surface area contributed by atoms with E-state index in [9.17, 15) is 4.79 Å². The van der Waals surface area contributed by atoms with E-state index in [4.69, 9.17) is 5.73 Å². The minimum Gasteiger partial charge on any atom is -0.383 e. The maximum absolute atomic E-state index is 12.3. The number of Topliss-reactive ketones (excluding diaryl/α,β-unsaturated/α-hetero) is 1. The molecular formula is C21H20N4O. The average molecular weight is 344 g/mol. The van der Waals surface area contributed by atoms with Crippen LogP contribution in [-0.2, 0) is 6.54 Å². The Morgan fingerprint density at radius 2 is 2.15 bits per heavy atom. The first-order valence-electron chi connectivity index (χ1n) is 8.90. The number of nitrogens with two attached hydrogens (primary N) is 1. The van der Waals surface area contributed by atoms with Gasteiger partial charge in [-0.1, -0.05) is 24.0 Å². The Morgan fingerprint density at radius 1 is 1.31 bits per heavy atom. The number of fused-ring (bicyclic) bond motifs is 1. The fourth-order valence-electron chi connectivity index (χ4n) is 3.09. The monoisotopic (exact) mass is 344 g/mol. The van der Waals surface area contributed by atoms with Crippen molar-refractivity contribution in [1.29, 1.82) is 0 Å². The summed E-state index contributed by atoms with van der Waals surface area (Å²) in [5, 5.41) is 0.780. The zero-order valence-electron chi connectivity index (χ0n) is 14.7. The van der Waals surface area contributed by atoms with Crippen LogP contribution in [0.25, 0.3) is 11.0 Å². The molecule has 0 aliphatic heterocycles. The van der Waals surface area contributed by atoms with Crippen LogP contribution in [0.5, 0.6) is 0 Å². The first-order chi connectivity index (χ1) is 12.7. The molecule has 5 heteroatoms. The number of hydrogen-bond donors (Lipinski definition) is 1. The van der Waals surface area contributed by atoms with Crippen LogP contribution >= 0.6 is 0 Å². The molecule has 5 nitrogen and oxygen atoms in total. The van der Waals surface area contributed by atoms with Crippen LogP contribution in [0.15, 0.2) is 36.8 Å². The van der Waals surface area contributed by atoms with Gasteiger partial charge in [0, 0.05) is 30.3 Å². The second kappa shape index (κ2) is 6.64. The minimum absolute atomic E-state index is 0.205. The van der Waals surface area contributed by atoms with Crippen LogP contribution < -0.4 is 5.73 Å². The minimum atomic E-state index is 0.205. The van der Waals surface area contributed by atoms with Crippen LogP contribution in [-0.4, -0.2) is 20.3 Å². The third-order valence-electron chi connectivity index (χ3n) is 4.72. The van der Waals surface area contributed by atoms with Gasteiger partial charge in [0.05, 0.1) is 10.9 Å². The number of aryl methyl sites for hydroxylation is 1. The predicted molar refractivity (Wildman–Crippen MR) is 102 cm³/mol. The van der Waals surface area contributed by atoms with E-state index >= 15 is 0 Å². The molecule has 0 amide bonds. The number of hydrogen-bond acceptors (Lipinski definition) is 4. The Kier molecular flexibility index (Phi) is 4.18. The van der Waals surface area contributed by atoms with Crippen molar-refractivity contribution in [1.82, 2.24) is 14.5 Å². The van der Waals surface area contributed by atoms with E-state index in [0.717, 1.165) is 34.3 Å². The highest BCUT2D eigenvalue weighted by atomic mass is 16.1. The summed E-state index contributed by atoms with van der Waals surface area (Å²) < 4.78 is 2.01. The van der Waals surface area contributed by atoms with Crippen LogP contribution in [0.4, 0.5) is 5.82 Å². The molecule has 2 heterocycles. The molecule has 0 unspecified atom stereocenters. The summed E-state index contributed by atoms with van der Waals surface area (Å²) >= 11 is 0. The Bertz CT molecular complexity index is 1050. The Labute approximate surface area is 152 Å². The molecule has 1 aromatic carbocycles. The molecular weight excluding hydrogens is 324 g/mol. The first kappa shape index (κ1) is 16.3. The molecule has 0 saturated heterocycles. The van der Waals surface area contributed by atoms with Crippen molar-refractivity contribution in [3.05, 3.63) is 53.5 Å². The number of anilines is 1. The van der Waals surface area contributed by atoms with Crippen molar-refractivity contribution >= 4 is 22.6 Å². The van der Waals surface area contributed by atoms with E-state index in [0.29, 0.717) is 18.2 Å². The molecule has 2 aromatic heterocycles. The van der Waals surface area contributed by atoms with Crippen molar-refractivity contribution < 1.29 is 4.79 Å². The molecule has 0 radical (unpaired) electrons. The molecule has 1 fully saturated rings. The highest BCUT2D eigenvalue weighted by Gasteiger charge is 2.24. The van der Waals surface area contributed by atoms with Crippen LogP contribution in [0.3, 0.4) is 0 Å². The zero-order chi connectivity index (χ0) is 18.1. The number of nitrogens with zero attached hydrogens (tertiary/aromatic N) is 3. The van der Waals surface area contributed by atoms with E-state index in [1.54, 1.807) is 0 Å². The average Bonchev–Trinajstić information content (AvgIpc) is 3.39. The number of rotatable bonds is 4. The maximum atomic E-state index is 12.3. The van der Waals surface area contributed by atoms with Gasteiger partial charge in [-0.3, -0.25) is 4.79 Å². The maximum Gasteiger partial charge on any atom is 0.163 e. The molecule has 0 spiro atoms. The van der Waals surface area contributed by atoms with Crippen LogP contribution in [0.1, 0.15) is 47.7 Å². The van der Waals surface area contributed by atoms with Crippen molar-refractivity contribution in [2.45, 2.75) is 32.7 Å². The lowest BCUT2D eigenvalue weighted by Gasteiger charge is -2.00. The molecule has 3 aromatic rings. The van der Waals surface area contributed by atoms with Crippen molar-refractivity contribution in [2.75, 3.05) is 5.73 Å². The van der Waals surface area contributed by atoms with E-state index in [1.807, 2.05) is 42.0 Å². The van der Waals surface area contributed by atoms with Crippen molar-refractivity contribution in [3.8, 4) is 11.8 Å². The van der Waals surface area contributed by atoms with Crippen LogP contribution in [0.2, 0.25) is 0 Å². The Hall–Kier alpha value is -3.13. The van der Waals surface area contributed by atoms with Gasteiger partial charge in [-0.2, -0.15) is 0 Å². The van der Waals surface area contributed by atoms with Gasteiger partial charge in [0.2, 0.25) is 0 Å². The highest BCUT2D eigenvalue weighted by Crippen LogP contribution is 2.33. The van der Waals surface area contributed by atoms with Gasteiger partial charge in [-0.15, -0.1) is 0 Å². The molecule has 0 bridgehead atoms. The predicted octanol–water partition coefficient (Wildman–Crippen LogP) is 3.42. The van der Waals surface area contributed by atoms with Crippen molar-refractivity contribution in [2.24, 2.45) is 5.92 Å². The third kappa shape index (κ3) is 3.18. The normalized spacial score (nSPS) is 13.4. The molecule has 130 valence electrons. The number of aromatic nitrogens is 3. The van der Waals surface area contributed by atoms with Gasteiger partial charge in [-0.25, -0.2) is 9.97 Å². The Morgan fingerprint density at radius 3 is 2.92 bits per heavy atom. The standard InChI is InChI=1S/C21H20N4O/c1-2-25-12-17(19-20(22)23-13-24-21(19)25)9-8-14-4-3-5-16(10-14)18(26)11-15-6-7-15/h3-5,10,12-13,15H,2,6-7,11H2,1H3,(H2,22,23,24). The number of benzene rings is 1. The fraction of sp³-hybridized carbons (Fsp3) is 0.286. The Balaban J connectivity index is 1.68. The number of ketones is 1. The van der Waals surface area contributed by atoms with E-state index in [1.165, 1.54) is 19.2 Å². The zero-order valence-corrected chi connectivity index (χ0v) is 14.7. The van der Waals surface area contributed by atoms with Gasteiger partial charge in [0.1, 0.15) is 17.8 Å². The molecule has 2 N–H and O–H groups in total. The number of carbonyl (C=O) groups excluding carboxylic acids is 1. The lowest BCUT2D eigenvalue weighted by Crippen LogP contribution is -2.00. The molecule has 1 aliphatic carbocycles. The third-order valence-corrected chi connectivity index (χ3v) is 4.72. The largest absolute Gasteiger partial charge is 0.383 e. The molecule has 4 rings (SSSR count). The molecule has 26 heavy (non-hydrogen) atoms. The highest BCUT2D eigenvalue weighted by molar-refractivity contribution is 5.96. The lowest BCUT2D eigenvalue weighted by molar-refractivity contribution is 0.0976. The summed E-state index contributed by atoms with van der Waals surface area (Å²) in [7, 11) is 0. The van der Waals surface area contributed by atoms with E-state index in [-0.39, 0.29) is 5.78 Å². The second-order valence-electron chi connectivity index (χ2n) is 6.69. The van der Waals surface area contributed by atoms with Gasteiger partial charge in [-0.05, 0) is 37.8 Å². The van der Waals surface area contributed by atoms with E-state index in [2.05, 4.69) is 21.8 Å². The SMILES string of the molecule is CCn1cc(C#Cc2cccc(C(=O)CC3CC3)c2)c2c(N)ncnc21. The summed E-state index contributed by atoms with van der Waals surface area (Å²) in [6.45, 7) is 2.82. The summed E-state index contributed by atoms with van der Waals surface area (Å²) in [5.41, 5.74) is 9.18. The summed E-state index contributed by atoms with van der Waals surface area (Å²) in [4.78, 5) is 20.7. The van der Waals surface area contributed by atoms with Gasteiger partial charge in [0.25, 0.3) is 0 Å². The molecule has 0 atom stereocenters. The van der Waals surface area contributed by atoms with Crippen LogP contribution in [0, 0.1) is 17.8 Å². The molecule has 1 aliphatic rings. The first-order valence-corrected chi connectivity index (χ1v) is 8.90. The van der Waals surface area contributed by atoms with Gasteiger partial charge in [0.15, 0.2) is 5.78 Å². The quantitative estimate of drug-likeness (QED) is 0.581. The summed E-state index contributed by atoms with van der Waals surface area (Å²) in [6, 6.07) is 7.54. The van der Waals surface area contributed by atoms with Gasteiger partial charge < -0.3 is 10.3 Å².